The molecule has 1 saturated heterocycles. The number of hydrogen-bond donors (Lipinski definition) is 0. The largest absolute Gasteiger partial charge is 0.338 e. The molecule has 0 N–H and O–H groups in total. The molecule has 1 aromatic heterocycles. The molecule has 5 nitrogen and oxygen atoms in total. The van der Waals surface area contributed by atoms with Gasteiger partial charge in [-0.25, -0.2) is 9.67 Å². The van der Waals surface area contributed by atoms with Crippen molar-refractivity contribution in [1.82, 2.24) is 19.7 Å². The van der Waals surface area contributed by atoms with Gasteiger partial charge < -0.3 is 4.90 Å². The van der Waals surface area contributed by atoms with Crippen LogP contribution in [0.15, 0.2) is 0 Å². The second kappa shape index (κ2) is 3.81. The van der Waals surface area contributed by atoms with Crippen LogP contribution in [-0.2, 0) is 4.79 Å². The van der Waals surface area contributed by atoms with E-state index in [0.717, 1.165) is 43.0 Å². The van der Waals surface area contributed by atoms with Crippen molar-refractivity contribution in [3.8, 4) is 0 Å². The van der Waals surface area contributed by atoms with E-state index in [1.807, 2.05) is 23.4 Å². The van der Waals surface area contributed by atoms with Crippen LogP contribution in [0, 0.1) is 31.6 Å². The minimum atomic E-state index is 0.336. The normalized spacial score (nSPS) is 30.3. The fourth-order valence-electron chi connectivity index (χ4n) is 3.45. The van der Waals surface area contributed by atoms with Gasteiger partial charge in [-0.3, -0.25) is 4.79 Å². The highest BCUT2D eigenvalue weighted by molar-refractivity contribution is 5.82. The van der Waals surface area contributed by atoms with Crippen LogP contribution in [0.2, 0.25) is 0 Å². The second-order valence-electron chi connectivity index (χ2n) is 6.39. The van der Waals surface area contributed by atoms with Crippen molar-refractivity contribution in [3.63, 3.8) is 0 Å². The summed E-state index contributed by atoms with van der Waals surface area (Å²) in [5.41, 5.74) is 0. The highest BCUT2D eigenvalue weighted by atomic mass is 16.2. The standard InChI is InChI=1S/C14H20N4O/c1-8-15-9(2)18(16-8)11-6-17(7-11)14(19)13-5-12(13)10-3-4-10/h10-13H,3-7H2,1-2H3/t12-,13+/m1/s1. The van der Waals surface area contributed by atoms with E-state index < -0.39 is 0 Å². The number of carbonyl (C=O) groups excluding carboxylic acids is 1. The van der Waals surface area contributed by atoms with Crippen LogP contribution in [0.4, 0.5) is 0 Å². The predicted octanol–water partition coefficient (Wildman–Crippen LogP) is 1.32. The van der Waals surface area contributed by atoms with Gasteiger partial charge in [-0.1, -0.05) is 0 Å². The Kier molecular flexibility index (Phi) is 2.29. The summed E-state index contributed by atoms with van der Waals surface area (Å²) in [6, 6.07) is 0.336. The minimum absolute atomic E-state index is 0.336. The fraction of sp³-hybridized carbons (Fsp3) is 0.786. The van der Waals surface area contributed by atoms with Crippen LogP contribution in [-0.4, -0.2) is 38.7 Å². The van der Waals surface area contributed by atoms with E-state index in [1.165, 1.54) is 12.8 Å². The van der Waals surface area contributed by atoms with Gasteiger partial charge in [0, 0.05) is 19.0 Å². The van der Waals surface area contributed by atoms with Crippen molar-refractivity contribution in [2.24, 2.45) is 17.8 Å². The van der Waals surface area contributed by atoms with Crippen molar-refractivity contribution in [3.05, 3.63) is 11.6 Å². The Balaban J connectivity index is 1.35. The third-order valence-corrected chi connectivity index (χ3v) is 4.81. The van der Waals surface area contributed by atoms with Crippen molar-refractivity contribution in [2.75, 3.05) is 13.1 Å². The SMILES string of the molecule is Cc1nc(C)n(C2CN(C(=O)[C@H]3C[C@@H]3C3CC3)C2)n1. The molecule has 3 aliphatic rings. The predicted molar refractivity (Wildman–Crippen MR) is 69.4 cm³/mol. The molecule has 1 aliphatic heterocycles. The Morgan fingerprint density at radius 3 is 2.58 bits per heavy atom. The molecule has 1 amide bonds. The molecular weight excluding hydrogens is 240 g/mol. The molecule has 4 rings (SSSR count). The first kappa shape index (κ1) is 11.4. The molecular formula is C14H20N4O. The van der Waals surface area contributed by atoms with Crippen molar-refractivity contribution in [2.45, 2.75) is 39.2 Å². The highest BCUT2D eigenvalue weighted by Crippen LogP contribution is 2.55. The molecule has 19 heavy (non-hydrogen) atoms. The van der Waals surface area contributed by atoms with E-state index in [1.54, 1.807) is 0 Å². The summed E-state index contributed by atoms with van der Waals surface area (Å²) in [4.78, 5) is 18.6. The zero-order valence-electron chi connectivity index (χ0n) is 11.5. The quantitative estimate of drug-likeness (QED) is 0.823. The van der Waals surface area contributed by atoms with Crippen LogP contribution in [0.1, 0.15) is 37.0 Å². The summed E-state index contributed by atoms with van der Waals surface area (Å²) < 4.78 is 1.98. The lowest BCUT2D eigenvalue weighted by Gasteiger charge is -2.39. The fourth-order valence-corrected chi connectivity index (χ4v) is 3.45. The van der Waals surface area contributed by atoms with Gasteiger partial charge >= 0.3 is 0 Å². The Bertz CT molecular complexity index is 528. The third-order valence-electron chi connectivity index (χ3n) is 4.81. The third kappa shape index (κ3) is 1.86. The number of amides is 1. The number of carbonyl (C=O) groups is 1. The molecule has 2 atom stereocenters. The molecule has 2 saturated carbocycles. The number of aromatic nitrogens is 3. The molecule has 3 fully saturated rings. The molecule has 0 aromatic carbocycles. The first-order chi connectivity index (χ1) is 9.13. The number of hydrogen-bond acceptors (Lipinski definition) is 3. The molecule has 102 valence electrons. The highest BCUT2D eigenvalue weighted by Gasteiger charge is 2.53. The lowest BCUT2D eigenvalue weighted by atomic mass is 10.1. The molecule has 0 unspecified atom stereocenters. The number of rotatable bonds is 3. The lowest BCUT2D eigenvalue weighted by Crippen LogP contribution is -2.52. The summed E-state index contributed by atoms with van der Waals surface area (Å²) in [6.45, 7) is 5.52. The van der Waals surface area contributed by atoms with Crippen LogP contribution in [0.5, 0.6) is 0 Å². The smallest absolute Gasteiger partial charge is 0.226 e. The maximum absolute atomic E-state index is 12.3. The average molecular weight is 260 g/mol. The molecule has 0 bridgehead atoms. The van der Waals surface area contributed by atoms with Gasteiger partial charge in [0.1, 0.15) is 11.6 Å². The molecule has 2 aliphatic carbocycles. The van der Waals surface area contributed by atoms with Gasteiger partial charge in [0.05, 0.1) is 6.04 Å². The van der Waals surface area contributed by atoms with Gasteiger partial charge in [-0.05, 0) is 44.9 Å². The van der Waals surface area contributed by atoms with Crippen molar-refractivity contribution in [1.29, 1.82) is 0 Å². The van der Waals surface area contributed by atoms with Gasteiger partial charge in [0.2, 0.25) is 5.91 Å². The maximum atomic E-state index is 12.3. The number of likely N-dealkylation sites (tertiary alicyclic amines) is 1. The van der Waals surface area contributed by atoms with Gasteiger partial charge in [-0.2, -0.15) is 5.10 Å². The van der Waals surface area contributed by atoms with Crippen LogP contribution in [0.3, 0.4) is 0 Å². The monoisotopic (exact) mass is 260 g/mol. The topological polar surface area (TPSA) is 51.0 Å². The molecule has 0 spiro atoms. The van der Waals surface area contributed by atoms with E-state index in [0.29, 0.717) is 17.9 Å². The molecule has 0 radical (unpaired) electrons. The Morgan fingerprint density at radius 2 is 2.00 bits per heavy atom. The summed E-state index contributed by atoms with van der Waals surface area (Å²) in [5.74, 6) is 4.12. The Labute approximate surface area is 113 Å². The Morgan fingerprint density at radius 1 is 1.26 bits per heavy atom. The average Bonchev–Trinajstić information content (AvgIpc) is 3.17. The van der Waals surface area contributed by atoms with Crippen molar-refractivity contribution < 1.29 is 4.79 Å². The summed E-state index contributed by atoms with van der Waals surface area (Å²) in [5, 5.41) is 4.41. The van der Waals surface area contributed by atoms with Gasteiger partial charge in [0.15, 0.2) is 0 Å². The van der Waals surface area contributed by atoms with E-state index in [4.69, 9.17) is 0 Å². The lowest BCUT2D eigenvalue weighted by molar-refractivity contribution is -0.139. The van der Waals surface area contributed by atoms with E-state index >= 15 is 0 Å². The van der Waals surface area contributed by atoms with Gasteiger partial charge in [0.25, 0.3) is 0 Å². The first-order valence-corrected chi connectivity index (χ1v) is 7.32. The number of aryl methyl sites for hydroxylation is 2. The maximum Gasteiger partial charge on any atom is 0.226 e. The summed E-state index contributed by atoms with van der Waals surface area (Å²) in [7, 11) is 0. The van der Waals surface area contributed by atoms with Crippen LogP contribution in [0.25, 0.3) is 0 Å². The summed E-state index contributed by atoms with van der Waals surface area (Å²) >= 11 is 0. The van der Waals surface area contributed by atoms with Crippen molar-refractivity contribution >= 4 is 5.91 Å². The zero-order chi connectivity index (χ0) is 13.1. The number of nitrogens with zero attached hydrogens (tertiary/aromatic N) is 4. The van der Waals surface area contributed by atoms with E-state index in [9.17, 15) is 4.79 Å². The second-order valence-corrected chi connectivity index (χ2v) is 6.39. The van der Waals surface area contributed by atoms with Crippen LogP contribution >= 0.6 is 0 Å². The molecule has 2 heterocycles. The first-order valence-electron chi connectivity index (χ1n) is 7.32. The van der Waals surface area contributed by atoms with E-state index in [2.05, 4.69) is 10.1 Å². The summed E-state index contributed by atoms with van der Waals surface area (Å²) in [6.07, 6.45) is 3.86. The van der Waals surface area contributed by atoms with Crippen LogP contribution < -0.4 is 0 Å². The van der Waals surface area contributed by atoms with Gasteiger partial charge in [-0.15, -0.1) is 0 Å². The van der Waals surface area contributed by atoms with E-state index in [-0.39, 0.29) is 0 Å². The minimum Gasteiger partial charge on any atom is -0.338 e. The molecule has 1 aromatic rings. The zero-order valence-corrected chi connectivity index (χ0v) is 11.5. The molecule has 5 heteroatoms. The Hall–Kier alpha value is -1.39.